The maximum atomic E-state index is 6.23. The second-order valence-electron chi connectivity index (χ2n) is 7.80. The number of rotatable bonds is 7. The van der Waals surface area contributed by atoms with Crippen LogP contribution in [0.15, 0.2) is 42.5 Å². The topological polar surface area (TPSA) is 18.5 Å². The SMILES string of the molecule is CC.CC.CC.CC.CCCOI.Cc1ccc(C(C)CC2CC[I-]CC2)c(C)c1Oc1ccccc1. The van der Waals surface area contributed by atoms with Crippen molar-refractivity contribution >= 4 is 23.0 Å². The van der Waals surface area contributed by atoms with Crippen LogP contribution in [0.25, 0.3) is 0 Å². The van der Waals surface area contributed by atoms with Crippen LogP contribution in [0.4, 0.5) is 0 Å². The third-order valence-corrected chi connectivity index (χ3v) is 8.62. The fourth-order valence-electron chi connectivity index (χ4n) is 3.78. The van der Waals surface area contributed by atoms with Gasteiger partial charge in [-0.1, -0.05) is 68.4 Å². The van der Waals surface area contributed by atoms with Crippen molar-refractivity contribution in [1.29, 1.82) is 0 Å². The second kappa shape index (κ2) is 30.2. The van der Waals surface area contributed by atoms with E-state index in [0.29, 0.717) is 27.1 Å². The van der Waals surface area contributed by atoms with Crippen LogP contribution in [-0.4, -0.2) is 15.5 Å². The Kier molecular flexibility index (Phi) is 33.6. The number of para-hydroxylation sites is 1. The Morgan fingerprint density at radius 2 is 1.41 bits per heavy atom. The quantitative estimate of drug-likeness (QED) is 0.209. The molecule has 0 aromatic heterocycles. The number of aryl methyl sites for hydroxylation is 1. The molecule has 1 aliphatic heterocycles. The van der Waals surface area contributed by atoms with E-state index in [4.69, 9.17) is 4.74 Å². The summed E-state index contributed by atoms with van der Waals surface area (Å²) < 4.78 is 14.0. The van der Waals surface area contributed by atoms with Crippen molar-refractivity contribution in [2.24, 2.45) is 5.92 Å². The monoisotopic (exact) mass is 741 g/mol. The average molecular weight is 742 g/mol. The zero-order chi connectivity index (χ0) is 29.1. The summed E-state index contributed by atoms with van der Waals surface area (Å²) in [5.41, 5.74) is 4.00. The molecule has 1 heterocycles. The molecule has 2 nitrogen and oxygen atoms in total. The predicted molar refractivity (Wildman–Crippen MR) is 174 cm³/mol. The molecule has 1 atom stereocenters. The van der Waals surface area contributed by atoms with Crippen LogP contribution >= 0.6 is 23.0 Å². The molecule has 3 rings (SSSR count). The number of hydrogen-bond donors (Lipinski definition) is 0. The Morgan fingerprint density at radius 3 is 1.86 bits per heavy atom. The van der Waals surface area contributed by atoms with Gasteiger partial charge in [-0.25, -0.2) is 0 Å². The Bertz CT molecular complexity index is 712. The molecule has 1 unspecified atom stereocenters. The fraction of sp³-hybridized carbons (Fsp3) is 0.636. The van der Waals surface area contributed by atoms with Crippen LogP contribution in [0.1, 0.15) is 118 Å². The molecule has 0 aliphatic carbocycles. The van der Waals surface area contributed by atoms with Crippen LogP contribution < -0.4 is 25.9 Å². The van der Waals surface area contributed by atoms with Gasteiger partial charge in [-0.05, 0) is 6.42 Å². The Hall–Kier alpha value is -0.340. The summed E-state index contributed by atoms with van der Waals surface area (Å²) in [5, 5.41) is 0. The van der Waals surface area contributed by atoms with E-state index >= 15 is 0 Å². The van der Waals surface area contributed by atoms with Crippen LogP contribution in [0.5, 0.6) is 11.5 Å². The summed E-state index contributed by atoms with van der Waals surface area (Å²) in [5.74, 6) is 3.52. The Labute approximate surface area is 257 Å². The minimum absolute atomic E-state index is 0.541. The molecule has 0 radical (unpaired) electrons. The number of hydrogen-bond acceptors (Lipinski definition) is 2. The molecular weight excluding hydrogens is 682 g/mol. The molecule has 2 aromatic carbocycles. The third-order valence-electron chi connectivity index (χ3n) is 5.41. The minimum atomic E-state index is 0.541. The second-order valence-corrected chi connectivity index (χ2v) is 11.7. The first-order chi connectivity index (χ1) is 18.1. The van der Waals surface area contributed by atoms with E-state index in [1.165, 1.54) is 44.8 Å². The van der Waals surface area contributed by atoms with Gasteiger partial charge in [0.15, 0.2) is 0 Å². The van der Waals surface area contributed by atoms with Crippen molar-refractivity contribution in [3.63, 3.8) is 0 Å². The normalized spacial score (nSPS) is 12.9. The van der Waals surface area contributed by atoms with E-state index in [-0.39, 0.29) is 0 Å². The summed E-state index contributed by atoms with van der Waals surface area (Å²) in [6.45, 7) is 25.7. The van der Waals surface area contributed by atoms with Gasteiger partial charge in [0.25, 0.3) is 0 Å². The molecule has 0 amide bonds. The molecule has 0 spiro atoms. The van der Waals surface area contributed by atoms with Gasteiger partial charge in [0.1, 0.15) is 23.0 Å². The summed E-state index contributed by atoms with van der Waals surface area (Å²) >= 11 is 2.43. The van der Waals surface area contributed by atoms with Crippen molar-refractivity contribution in [3.05, 3.63) is 59.2 Å². The first-order valence-electron chi connectivity index (χ1n) is 14.7. The number of benzene rings is 2. The third kappa shape index (κ3) is 18.6. The van der Waals surface area contributed by atoms with Gasteiger partial charge in [-0.15, -0.1) is 0 Å². The summed E-state index contributed by atoms with van der Waals surface area (Å²) in [6.07, 6.45) is 5.38. The number of alkyl halides is 2. The molecule has 4 heteroatoms. The standard InChI is InChI=1S/C22H28IO.C3H7IO.4C2H6/c1-16-9-10-21(17(2)15-19-11-13-23-14-12-19)18(3)22(16)24-20-7-5-4-6-8-20;1-2-3-5-4;4*1-2/h4-10,17,19H,11-15H2,1-3H3;2-3H2,1H3;4*1-2H3/q-1;;;;;. The molecule has 37 heavy (non-hydrogen) atoms. The Balaban J connectivity index is -0.000000761. The Morgan fingerprint density at radius 1 is 0.865 bits per heavy atom. The van der Waals surface area contributed by atoms with Crippen molar-refractivity contribution in [2.45, 2.75) is 115 Å². The van der Waals surface area contributed by atoms with Crippen molar-refractivity contribution < 1.29 is 29.0 Å². The van der Waals surface area contributed by atoms with Crippen LogP contribution in [-0.2, 0) is 3.07 Å². The molecule has 0 bridgehead atoms. The molecule has 0 saturated carbocycles. The van der Waals surface area contributed by atoms with Crippen LogP contribution in [0, 0.1) is 19.8 Å². The first-order valence-corrected chi connectivity index (χ1v) is 18.6. The van der Waals surface area contributed by atoms with E-state index in [0.717, 1.165) is 30.4 Å². The number of halogens is 2. The van der Waals surface area contributed by atoms with E-state index in [1.54, 1.807) is 0 Å². The molecule has 2 aromatic rings. The van der Waals surface area contributed by atoms with Crippen molar-refractivity contribution in [2.75, 3.05) is 15.5 Å². The molecule has 1 fully saturated rings. The van der Waals surface area contributed by atoms with Gasteiger partial charge in [0, 0.05) is 0 Å². The summed E-state index contributed by atoms with van der Waals surface area (Å²) in [6, 6.07) is 14.7. The fourth-order valence-corrected chi connectivity index (χ4v) is 7.40. The van der Waals surface area contributed by atoms with E-state index in [2.05, 4.69) is 42.9 Å². The zero-order valence-corrected chi connectivity index (χ0v) is 30.5. The van der Waals surface area contributed by atoms with Gasteiger partial charge >= 0.3 is 151 Å². The van der Waals surface area contributed by atoms with E-state index in [1.807, 2.05) is 109 Å². The van der Waals surface area contributed by atoms with E-state index < -0.39 is 0 Å². The van der Waals surface area contributed by atoms with Gasteiger partial charge in [-0.3, -0.25) is 0 Å². The molecule has 218 valence electrons. The van der Waals surface area contributed by atoms with Gasteiger partial charge in [-0.2, -0.15) is 0 Å². The van der Waals surface area contributed by atoms with Gasteiger partial charge < -0.3 is 3.07 Å². The predicted octanol–water partition coefficient (Wildman–Crippen LogP) is 8.96. The van der Waals surface area contributed by atoms with Crippen LogP contribution in [0.3, 0.4) is 0 Å². The molecule has 1 saturated heterocycles. The van der Waals surface area contributed by atoms with Crippen molar-refractivity contribution in [1.82, 2.24) is 0 Å². The van der Waals surface area contributed by atoms with E-state index in [9.17, 15) is 0 Å². The van der Waals surface area contributed by atoms with Gasteiger partial charge in [0.05, 0.1) is 6.61 Å². The van der Waals surface area contributed by atoms with Crippen LogP contribution in [0.2, 0.25) is 0 Å². The first kappa shape index (κ1) is 41.1. The summed E-state index contributed by atoms with van der Waals surface area (Å²) in [4.78, 5) is 0. The molecular formula is C33H59I2O2-. The zero-order valence-electron chi connectivity index (χ0n) is 26.2. The van der Waals surface area contributed by atoms with Crippen molar-refractivity contribution in [3.8, 4) is 11.5 Å². The maximum absolute atomic E-state index is 6.23. The summed E-state index contributed by atoms with van der Waals surface area (Å²) in [7, 11) is 0. The van der Waals surface area contributed by atoms with Gasteiger partial charge in [0.2, 0.25) is 0 Å². The number of ether oxygens (including phenoxy) is 1. The average Bonchev–Trinajstić information content (AvgIpc) is 2.97. The molecule has 0 N–H and O–H groups in total. The molecule has 1 aliphatic rings.